The van der Waals surface area contributed by atoms with Gasteiger partial charge in [-0.05, 0) is 12.8 Å². The zero-order valence-electron chi connectivity index (χ0n) is 13.6. The van der Waals surface area contributed by atoms with Crippen LogP contribution in [0.25, 0.3) is 0 Å². The predicted octanol–water partition coefficient (Wildman–Crippen LogP) is 1.07. The van der Waals surface area contributed by atoms with Crippen molar-refractivity contribution in [1.82, 2.24) is 24.6 Å². The third-order valence-corrected chi connectivity index (χ3v) is 4.97. The molecule has 0 spiro atoms. The Bertz CT molecular complexity index is 687. The van der Waals surface area contributed by atoms with Crippen LogP contribution in [0.15, 0.2) is 24.8 Å². The van der Waals surface area contributed by atoms with Gasteiger partial charge in [-0.15, -0.1) is 0 Å². The van der Waals surface area contributed by atoms with Crippen molar-refractivity contribution < 1.29 is 4.74 Å². The lowest BCUT2D eigenvalue weighted by atomic mass is 10.1. The maximum Gasteiger partial charge on any atom is 0.218 e. The molecule has 0 saturated carbocycles. The standard InChI is InChI=1S/C16H22N6O/c1-20-9-12(8-19-20)10-21-5-3-14-13(21)4-6-22(14)15-7-16(23-2)18-11-17-15/h7-9,11,13-14H,3-6,10H2,1-2H3/t13-,14+/m0/s1. The van der Waals surface area contributed by atoms with Crippen LogP contribution in [0, 0.1) is 0 Å². The van der Waals surface area contributed by atoms with Gasteiger partial charge in [0.05, 0.1) is 13.3 Å². The van der Waals surface area contributed by atoms with Crippen molar-refractivity contribution in [2.75, 3.05) is 25.1 Å². The molecule has 2 aliphatic heterocycles. The molecule has 7 heteroatoms. The fraction of sp³-hybridized carbons (Fsp3) is 0.562. The number of methoxy groups -OCH3 is 1. The fourth-order valence-corrected chi connectivity index (χ4v) is 3.94. The third-order valence-electron chi connectivity index (χ3n) is 4.97. The summed E-state index contributed by atoms with van der Waals surface area (Å²) in [7, 11) is 3.61. The zero-order valence-corrected chi connectivity index (χ0v) is 13.6. The highest BCUT2D eigenvalue weighted by atomic mass is 16.5. The van der Waals surface area contributed by atoms with E-state index in [1.165, 1.54) is 18.4 Å². The minimum absolute atomic E-state index is 0.534. The fourth-order valence-electron chi connectivity index (χ4n) is 3.94. The molecular formula is C16H22N6O. The van der Waals surface area contributed by atoms with Crippen molar-refractivity contribution in [2.45, 2.75) is 31.5 Å². The molecule has 2 aromatic heterocycles. The molecule has 4 heterocycles. The van der Waals surface area contributed by atoms with Gasteiger partial charge in [0.1, 0.15) is 12.1 Å². The molecule has 0 aromatic carbocycles. The average molecular weight is 314 g/mol. The minimum atomic E-state index is 0.534. The summed E-state index contributed by atoms with van der Waals surface area (Å²) in [6.45, 7) is 3.15. The quantitative estimate of drug-likeness (QED) is 0.841. The van der Waals surface area contributed by atoms with E-state index in [1.807, 2.05) is 24.0 Å². The van der Waals surface area contributed by atoms with Crippen molar-refractivity contribution in [2.24, 2.45) is 7.05 Å². The zero-order chi connectivity index (χ0) is 15.8. The van der Waals surface area contributed by atoms with E-state index in [2.05, 4.69) is 31.1 Å². The number of anilines is 1. The van der Waals surface area contributed by atoms with Gasteiger partial charge in [0, 0.05) is 56.6 Å². The van der Waals surface area contributed by atoms with Gasteiger partial charge in [0.15, 0.2) is 0 Å². The summed E-state index contributed by atoms with van der Waals surface area (Å²) in [5.41, 5.74) is 1.29. The number of fused-ring (bicyclic) bond motifs is 1. The lowest BCUT2D eigenvalue weighted by Gasteiger charge is -2.26. The van der Waals surface area contributed by atoms with E-state index in [9.17, 15) is 0 Å². The second kappa shape index (κ2) is 5.81. The average Bonchev–Trinajstić information content (AvgIpc) is 3.26. The van der Waals surface area contributed by atoms with E-state index in [4.69, 9.17) is 4.74 Å². The van der Waals surface area contributed by atoms with Gasteiger partial charge in [-0.2, -0.15) is 5.10 Å². The molecule has 7 nitrogen and oxygen atoms in total. The summed E-state index contributed by atoms with van der Waals surface area (Å²) in [5.74, 6) is 1.61. The van der Waals surface area contributed by atoms with Gasteiger partial charge >= 0.3 is 0 Å². The first-order valence-corrected chi connectivity index (χ1v) is 8.09. The topological polar surface area (TPSA) is 59.3 Å². The molecule has 2 fully saturated rings. The SMILES string of the molecule is COc1cc(N2CC[C@H]3[C@H]2CCN3Cc2cnn(C)c2)ncn1. The van der Waals surface area contributed by atoms with Crippen molar-refractivity contribution in [3.05, 3.63) is 30.4 Å². The van der Waals surface area contributed by atoms with Gasteiger partial charge in [-0.1, -0.05) is 0 Å². The molecule has 0 radical (unpaired) electrons. The summed E-state index contributed by atoms with van der Waals surface area (Å²) < 4.78 is 7.10. The smallest absolute Gasteiger partial charge is 0.218 e. The van der Waals surface area contributed by atoms with Gasteiger partial charge in [0.2, 0.25) is 5.88 Å². The molecule has 0 amide bonds. The highest BCUT2D eigenvalue weighted by Crippen LogP contribution is 2.35. The highest BCUT2D eigenvalue weighted by Gasteiger charge is 2.42. The molecule has 23 heavy (non-hydrogen) atoms. The van der Waals surface area contributed by atoms with Crippen LogP contribution in [-0.4, -0.2) is 56.9 Å². The van der Waals surface area contributed by atoms with Gasteiger partial charge in [-0.3, -0.25) is 9.58 Å². The van der Waals surface area contributed by atoms with Crippen LogP contribution < -0.4 is 9.64 Å². The van der Waals surface area contributed by atoms with E-state index < -0.39 is 0 Å². The Balaban J connectivity index is 1.48. The molecule has 0 unspecified atom stereocenters. The summed E-state index contributed by atoms with van der Waals surface area (Å²) >= 11 is 0. The van der Waals surface area contributed by atoms with Crippen LogP contribution in [0.2, 0.25) is 0 Å². The van der Waals surface area contributed by atoms with Crippen molar-refractivity contribution in [1.29, 1.82) is 0 Å². The Kier molecular flexibility index (Phi) is 3.65. The molecule has 122 valence electrons. The lowest BCUT2D eigenvalue weighted by molar-refractivity contribution is 0.246. The Morgan fingerprint density at radius 1 is 1.22 bits per heavy atom. The molecule has 0 N–H and O–H groups in total. The minimum Gasteiger partial charge on any atom is -0.481 e. The molecule has 0 aliphatic carbocycles. The monoisotopic (exact) mass is 314 g/mol. The normalized spacial score (nSPS) is 24.2. The van der Waals surface area contributed by atoms with E-state index in [-0.39, 0.29) is 0 Å². The van der Waals surface area contributed by atoms with E-state index in [1.54, 1.807) is 13.4 Å². The third kappa shape index (κ3) is 2.65. The van der Waals surface area contributed by atoms with E-state index in [0.29, 0.717) is 18.0 Å². The maximum absolute atomic E-state index is 5.23. The first kappa shape index (κ1) is 14.4. The lowest BCUT2D eigenvalue weighted by Crippen LogP contribution is -2.36. The summed E-state index contributed by atoms with van der Waals surface area (Å²) in [5, 5.41) is 4.27. The van der Waals surface area contributed by atoms with Crippen LogP contribution in [-0.2, 0) is 13.6 Å². The largest absolute Gasteiger partial charge is 0.481 e. The van der Waals surface area contributed by atoms with Crippen LogP contribution in [0.3, 0.4) is 0 Å². The number of aryl methyl sites for hydroxylation is 1. The van der Waals surface area contributed by atoms with Crippen LogP contribution in [0.4, 0.5) is 5.82 Å². The second-order valence-electron chi connectivity index (χ2n) is 6.32. The van der Waals surface area contributed by atoms with Crippen molar-refractivity contribution in [3.8, 4) is 5.88 Å². The van der Waals surface area contributed by atoms with Crippen molar-refractivity contribution >= 4 is 5.82 Å². The Labute approximate surface area is 135 Å². The summed E-state index contributed by atoms with van der Waals surface area (Å²) in [4.78, 5) is 13.6. The molecule has 2 aliphatic rings. The second-order valence-corrected chi connectivity index (χ2v) is 6.32. The number of hydrogen-bond donors (Lipinski definition) is 0. The van der Waals surface area contributed by atoms with Crippen LogP contribution >= 0.6 is 0 Å². The Morgan fingerprint density at radius 2 is 2.09 bits per heavy atom. The maximum atomic E-state index is 5.23. The van der Waals surface area contributed by atoms with Crippen molar-refractivity contribution in [3.63, 3.8) is 0 Å². The van der Waals surface area contributed by atoms with E-state index in [0.717, 1.165) is 25.5 Å². The van der Waals surface area contributed by atoms with Crippen LogP contribution in [0.1, 0.15) is 18.4 Å². The molecule has 2 aromatic rings. The molecular weight excluding hydrogens is 292 g/mol. The van der Waals surface area contributed by atoms with Gasteiger partial charge < -0.3 is 9.64 Å². The summed E-state index contributed by atoms with van der Waals surface area (Å²) in [6.07, 6.45) is 8.02. The number of rotatable bonds is 4. The van der Waals surface area contributed by atoms with E-state index >= 15 is 0 Å². The molecule has 4 rings (SSSR count). The van der Waals surface area contributed by atoms with Crippen LogP contribution in [0.5, 0.6) is 5.88 Å². The number of ether oxygens (including phenoxy) is 1. The first-order chi connectivity index (χ1) is 11.2. The predicted molar refractivity (Wildman–Crippen MR) is 86.4 cm³/mol. The van der Waals surface area contributed by atoms with Gasteiger partial charge in [-0.25, -0.2) is 9.97 Å². The summed E-state index contributed by atoms with van der Waals surface area (Å²) in [6, 6.07) is 3.06. The Hall–Kier alpha value is -2.15. The number of nitrogens with zero attached hydrogens (tertiary/aromatic N) is 6. The van der Waals surface area contributed by atoms with Gasteiger partial charge in [0.25, 0.3) is 0 Å². The molecule has 2 saturated heterocycles. The molecule has 0 bridgehead atoms. The number of likely N-dealkylation sites (tertiary alicyclic amines) is 1. The number of hydrogen-bond acceptors (Lipinski definition) is 6. The highest BCUT2D eigenvalue weighted by molar-refractivity contribution is 5.44. The molecule has 2 atom stereocenters. The first-order valence-electron chi connectivity index (χ1n) is 8.09. The Morgan fingerprint density at radius 3 is 2.87 bits per heavy atom. The number of aromatic nitrogens is 4.